The lowest BCUT2D eigenvalue weighted by Crippen LogP contribution is -2.22. The van der Waals surface area contributed by atoms with E-state index >= 15 is 0 Å². The summed E-state index contributed by atoms with van der Waals surface area (Å²) in [5, 5.41) is 4.23. The molecule has 0 aliphatic rings. The molecule has 0 atom stereocenters. The monoisotopic (exact) mass is 324 g/mol. The van der Waals surface area contributed by atoms with Crippen LogP contribution in [0.3, 0.4) is 0 Å². The van der Waals surface area contributed by atoms with Gasteiger partial charge in [-0.25, -0.2) is 4.98 Å². The van der Waals surface area contributed by atoms with Crippen LogP contribution in [0.5, 0.6) is 0 Å². The summed E-state index contributed by atoms with van der Waals surface area (Å²) in [6.07, 6.45) is 4.49. The molecule has 0 unspecified atom stereocenters. The molecule has 2 heterocycles. The Morgan fingerprint density at radius 2 is 1.90 bits per heavy atom. The summed E-state index contributed by atoms with van der Waals surface area (Å²) < 4.78 is 0. The van der Waals surface area contributed by atoms with Crippen LogP contribution in [0.1, 0.15) is 12.5 Å². The summed E-state index contributed by atoms with van der Waals surface area (Å²) in [5.41, 5.74) is 1.23. The third kappa shape index (κ3) is 4.22. The molecule has 0 aromatic carbocycles. The Morgan fingerprint density at radius 1 is 1.19 bits per heavy atom. The molecule has 6 heteroatoms. The van der Waals surface area contributed by atoms with E-state index in [0.717, 1.165) is 25.3 Å². The molecular formula is C15H18Cl2N4. The van der Waals surface area contributed by atoms with Gasteiger partial charge >= 0.3 is 0 Å². The average molecular weight is 325 g/mol. The van der Waals surface area contributed by atoms with E-state index in [-0.39, 0.29) is 0 Å². The van der Waals surface area contributed by atoms with E-state index in [1.807, 2.05) is 31.0 Å². The third-order valence-electron chi connectivity index (χ3n) is 3.10. The minimum Gasteiger partial charge on any atom is -0.369 e. The molecule has 0 aliphatic carbocycles. The minimum atomic E-state index is 0.535. The second kappa shape index (κ2) is 7.48. The maximum Gasteiger partial charge on any atom is 0.149 e. The lowest BCUT2D eigenvalue weighted by molar-refractivity contribution is 0.858. The number of pyridine rings is 2. The van der Waals surface area contributed by atoms with Crippen molar-refractivity contribution in [2.24, 2.45) is 0 Å². The first kappa shape index (κ1) is 15.9. The van der Waals surface area contributed by atoms with Gasteiger partial charge in [-0.05, 0) is 37.1 Å². The van der Waals surface area contributed by atoms with E-state index in [0.29, 0.717) is 15.9 Å². The van der Waals surface area contributed by atoms with E-state index in [9.17, 15) is 0 Å². The molecule has 0 bridgehead atoms. The van der Waals surface area contributed by atoms with Crippen LogP contribution < -0.4 is 10.2 Å². The molecule has 0 saturated heterocycles. The Labute approximate surface area is 135 Å². The van der Waals surface area contributed by atoms with Crippen LogP contribution in [0.4, 0.5) is 11.6 Å². The van der Waals surface area contributed by atoms with Crippen molar-refractivity contribution < 1.29 is 0 Å². The Balaban J connectivity index is 2.11. The van der Waals surface area contributed by atoms with Gasteiger partial charge < -0.3 is 10.2 Å². The molecule has 0 amide bonds. The molecule has 0 saturated carbocycles. The van der Waals surface area contributed by atoms with Crippen molar-refractivity contribution in [3.8, 4) is 0 Å². The number of aromatic nitrogens is 2. The van der Waals surface area contributed by atoms with Gasteiger partial charge in [-0.1, -0.05) is 23.2 Å². The van der Waals surface area contributed by atoms with Crippen LogP contribution >= 0.6 is 23.2 Å². The first-order valence-corrected chi connectivity index (χ1v) is 7.57. The molecule has 21 heavy (non-hydrogen) atoms. The molecule has 0 radical (unpaired) electrons. The molecule has 2 aromatic heterocycles. The standard InChI is InChI=1S/C15H18Cl2N4/c1-3-19-14-12(16)10-13(17)15(20-14)21(2)9-6-11-4-7-18-8-5-11/h4-5,7-8,10H,3,6,9H2,1-2H3,(H,19,20). The first-order valence-electron chi connectivity index (χ1n) is 6.81. The number of anilines is 2. The number of rotatable bonds is 6. The zero-order chi connectivity index (χ0) is 15.2. The molecule has 2 rings (SSSR count). The van der Waals surface area contributed by atoms with E-state index in [1.54, 1.807) is 18.5 Å². The zero-order valence-electron chi connectivity index (χ0n) is 12.1. The summed E-state index contributed by atoms with van der Waals surface area (Å²) in [7, 11) is 1.97. The SMILES string of the molecule is CCNc1nc(N(C)CCc2ccncc2)c(Cl)cc1Cl. The minimum absolute atomic E-state index is 0.535. The first-order chi connectivity index (χ1) is 10.1. The fourth-order valence-corrected chi connectivity index (χ4v) is 2.54. The van der Waals surface area contributed by atoms with Crippen LogP contribution in [-0.4, -0.2) is 30.1 Å². The van der Waals surface area contributed by atoms with E-state index in [4.69, 9.17) is 23.2 Å². The zero-order valence-corrected chi connectivity index (χ0v) is 13.6. The maximum atomic E-state index is 6.25. The van der Waals surface area contributed by atoms with Gasteiger partial charge in [-0.15, -0.1) is 0 Å². The van der Waals surface area contributed by atoms with Crippen molar-refractivity contribution >= 4 is 34.8 Å². The van der Waals surface area contributed by atoms with Crippen molar-refractivity contribution in [3.63, 3.8) is 0 Å². The van der Waals surface area contributed by atoms with Crippen LogP contribution in [0, 0.1) is 0 Å². The number of hydrogen-bond donors (Lipinski definition) is 1. The van der Waals surface area contributed by atoms with Crippen molar-refractivity contribution in [1.82, 2.24) is 9.97 Å². The Morgan fingerprint density at radius 3 is 2.57 bits per heavy atom. The summed E-state index contributed by atoms with van der Waals surface area (Å²) in [6, 6.07) is 5.75. The van der Waals surface area contributed by atoms with Crippen LogP contribution in [0.2, 0.25) is 10.0 Å². The summed E-state index contributed by atoms with van der Waals surface area (Å²) >= 11 is 12.4. The predicted molar refractivity (Wildman–Crippen MR) is 89.6 cm³/mol. The van der Waals surface area contributed by atoms with Gasteiger partial charge in [0.1, 0.15) is 11.6 Å². The number of nitrogens with zero attached hydrogens (tertiary/aromatic N) is 3. The topological polar surface area (TPSA) is 41.1 Å². The van der Waals surface area contributed by atoms with Crippen molar-refractivity contribution in [2.75, 3.05) is 30.4 Å². The highest BCUT2D eigenvalue weighted by atomic mass is 35.5. The van der Waals surface area contributed by atoms with Gasteiger partial charge in [0.25, 0.3) is 0 Å². The highest BCUT2D eigenvalue weighted by molar-refractivity contribution is 6.37. The maximum absolute atomic E-state index is 6.25. The van der Waals surface area contributed by atoms with Crippen LogP contribution in [-0.2, 0) is 6.42 Å². The van der Waals surface area contributed by atoms with Gasteiger partial charge in [0.15, 0.2) is 0 Å². The van der Waals surface area contributed by atoms with Gasteiger partial charge in [0.05, 0.1) is 10.0 Å². The van der Waals surface area contributed by atoms with E-state index in [1.165, 1.54) is 5.56 Å². The van der Waals surface area contributed by atoms with E-state index < -0.39 is 0 Å². The molecular weight excluding hydrogens is 307 g/mol. The number of nitrogens with one attached hydrogen (secondary N) is 1. The Kier molecular flexibility index (Phi) is 5.65. The summed E-state index contributed by atoms with van der Waals surface area (Å²) in [6.45, 7) is 3.57. The smallest absolute Gasteiger partial charge is 0.149 e. The molecule has 2 aromatic rings. The predicted octanol–water partition coefficient (Wildman–Crippen LogP) is 3.89. The quantitative estimate of drug-likeness (QED) is 0.875. The molecule has 4 nitrogen and oxygen atoms in total. The molecule has 0 fully saturated rings. The molecule has 1 N–H and O–H groups in total. The highest BCUT2D eigenvalue weighted by Gasteiger charge is 2.12. The van der Waals surface area contributed by atoms with E-state index in [2.05, 4.69) is 15.3 Å². The van der Waals surface area contributed by atoms with Gasteiger partial charge in [0, 0.05) is 32.5 Å². The van der Waals surface area contributed by atoms with Crippen molar-refractivity contribution in [3.05, 3.63) is 46.2 Å². The number of likely N-dealkylation sites (N-methyl/N-ethyl adjacent to an activating group) is 1. The fraction of sp³-hybridized carbons (Fsp3) is 0.333. The van der Waals surface area contributed by atoms with Gasteiger partial charge in [-0.3, -0.25) is 4.98 Å². The largest absolute Gasteiger partial charge is 0.369 e. The summed E-state index contributed by atoms with van der Waals surface area (Å²) in [5.74, 6) is 1.39. The number of halogens is 2. The Bertz CT molecular complexity index is 590. The lowest BCUT2D eigenvalue weighted by atomic mass is 10.2. The highest BCUT2D eigenvalue weighted by Crippen LogP contribution is 2.30. The molecule has 0 spiro atoms. The lowest BCUT2D eigenvalue weighted by Gasteiger charge is -2.21. The second-order valence-corrected chi connectivity index (χ2v) is 5.50. The Hall–Kier alpha value is -1.52. The molecule has 112 valence electrons. The van der Waals surface area contributed by atoms with Crippen LogP contribution in [0.15, 0.2) is 30.6 Å². The third-order valence-corrected chi connectivity index (χ3v) is 3.67. The molecule has 0 aliphatic heterocycles. The fourth-order valence-electron chi connectivity index (χ4n) is 1.97. The van der Waals surface area contributed by atoms with Gasteiger partial charge in [-0.2, -0.15) is 0 Å². The normalized spacial score (nSPS) is 10.5. The second-order valence-electron chi connectivity index (χ2n) is 4.68. The average Bonchev–Trinajstić information content (AvgIpc) is 2.49. The number of hydrogen-bond acceptors (Lipinski definition) is 4. The van der Waals surface area contributed by atoms with Crippen molar-refractivity contribution in [1.29, 1.82) is 0 Å². The van der Waals surface area contributed by atoms with Crippen molar-refractivity contribution in [2.45, 2.75) is 13.3 Å². The van der Waals surface area contributed by atoms with Gasteiger partial charge in [0.2, 0.25) is 0 Å². The summed E-state index contributed by atoms with van der Waals surface area (Å²) in [4.78, 5) is 10.6. The van der Waals surface area contributed by atoms with Crippen LogP contribution in [0.25, 0.3) is 0 Å².